The predicted octanol–water partition coefficient (Wildman–Crippen LogP) is 10.9. The third kappa shape index (κ3) is 6.66. The van der Waals surface area contributed by atoms with Gasteiger partial charge in [0.15, 0.2) is 0 Å². The number of aromatic nitrogens is 1. The summed E-state index contributed by atoms with van der Waals surface area (Å²) in [4.78, 5) is 3.59. The number of benzene rings is 4. The molecule has 2 heteroatoms. The van der Waals surface area contributed by atoms with Crippen molar-refractivity contribution in [1.29, 1.82) is 0 Å². The number of allylic oxidation sites excluding steroid dienone is 8. The highest BCUT2D eigenvalue weighted by atomic mass is 14.9. The standard InChI is InChI=1S/C43H36N2/c1-4-11-33(12-5-1)36-22-19-32(20-23-36)18-21-35(38-26-29-43-41(31-38)40-16-8-3-9-17-42(40)45-43)15-10-30-44-39-27-24-37(25-28-39)34-13-6-2-7-14-34/h1-2,4-27,29-31,39,44-45H,3,28H2/b21-18-,30-10+,35-15+. The summed E-state index contributed by atoms with van der Waals surface area (Å²) in [5, 5.41) is 4.81. The fourth-order valence-corrected chi connectivity index (χ4v) is 5.95. The van der Waals surface area contributed by atoms with Crippen LogP contribution in [-0.4, -0.2) is 11.0 Å². The molecule has 1 atom stereocenters. The van der Waals surface area contributed by atoms with Crippen LogP contribution in [0, 0.1) is 0 Å². The molecule has 0 amide bonds. The number of hydrogen-bond acceptors (Lipinski definition) is 1. The minimum Gasteiger partial charge on any atom is -0.384 e. The van der Waals surface area contributed by atoms with E-state index in [0.717, 1.165) is 23.9 Å². The van der Waals surface area contributed by atoms with E-state index in [0.29, 0.717) is 0 Å². The van der Waals surface area contributed by atoms with Crippen molar-refractivity contribution in [2.24, 2.45) is 0 Å². The molecule has 1 aromatic heterocycles. The van der Waals surface area contributed by atoms with E-state index in [4.69, 9.17) is 0 Å². The highest BCUT2D eigenvalue weighted by Crippen LogP contribution is 2.31. The summed E-state index contributed by atoms with van der Waals surface area (Å²) in [6.45, 7) is 0. The van der Waals surface area contributed by atoms with Crippen LogP contribution in [0.3, 0.4) is 0 Å². The van der Waals surface area contributed by atoms with Crippen LogP contribution in [-0.2, 0) is 0 Å². The van der Waals surface area contributed by atoms with Crippen LogP contribution in [0.5, 0.6) is 0 Å². The maximum atomic E-state index is 3.59. The van der Waals surface area contributed by atoms with E-state index in [-0.39, 0.29) is 6.04 Å². The Morgan fingerprint density at radius 1 is 0.756 bits per heavy atom. The molecule has 0 saturated carbocycles. The van der Waals surface area contributed by atoms with Crippen molar-refractivity contribution >= 4 is 40.3 Å². The zero-order valence-corrected chi connectivity index (χ0v) is 25.2. The third-order valence-corrected chi connectivity index (χ3v) is 8.41. The second kappa shape index (κ2) is 13.4. The largest absolute Gasteiger partial charge is 0.384 e. The normalized spacial score (nSPS) is 16.3. The summed E-state index contributed by atoms with van der Waals surface area (Å²) >= 11 is 0. The number of H-pyrrole nitrogens is 1. The second-order valence-corrected chi connectivity index (χ2v) is 11.4. The first-order valence-electron chi connectivity index (χ1n) is 15.7. The SMILES string of the molecule is C1=Cc2[nH]c3ccc(C(/C=C\c4ccc(-c5ccccc5)cc4)=C/C=C/NC4C=CC(c5ccccc5)=CC4)cc3c2C=CC1. The van der Waals surface area contributed by atoms with Crippen LogP contribution in [0.4, 0.5) is 0 Å². The fourth-order valence-electron chi connectivity index (χ4n) is 5.95. The Balaban J connectivity index is 1.13. The van der Waals surface area contributed by atoms with E-state index in [1.165, 1.54) is 50.0 Å². The smallest absolute Gasteiger partial charge is 0.0476 e. The molecule has 0 aliphatic heterocycles. The van der Waals surface area contributed by atoms with Gasteiger partial charge in [-0.15, -0.1) is 0 Å². The Bertz CT molecular complexity index is 1990. The van der Waals surface area contributed by atoms with E-state index >= 15 is 0 Å². The number of fused-ring (bicyclic) bond motifs is 3. The summed E-state index contributed by atoms with van der Waals surface area (Å²) in [5.74, 6) is 0. The summed E-state index contributed by atoms with van der Waals surface area (Å²) in [6.07, 6.45) is 28.4. The minimum atomic E-state index is 0.274. The Kier molecular flexibility index (Phi) is 8.37. The molecule has 0 bridgehead atoms. The average molecular weight is 581 g/mol. The van der Waals surface area contributed by atoms with Gasteiger partial charge in [0.1, 0.15) is 0 Å². The van der Waals surface area contributed by atoms with Gasteiger partial charge >= 0.3 is 0 Å². The molecule has 7 rings (SSSR count). The van der Waals surface area contributed by atoms with Gasteiger partial charge in [-0.05, 0) is 82.3 Å². The minimum absolute atomic E-state index is 0.274. The lowest BCUT2D eigenvalue weighted by atomic mass is 9.97. The van der Waals surface area contributed by atoms with Gasteiger partial charge in [0.05, 0.1) is 0 Å². The van der Waals surface area contributed by atoms with Gasteiger partial charge < -0.3 is 10.3 Å². The van der Waals surface area contributed by atoms with Crippen molar-refractivity contribution in [2.45, 2.75) is 18.9 Å². The van der Waals surface area contributed by atoms with Gasteiger partial charge in [0, 0.05) is 28.2 Å². The zero-order valence-electron chi connectivity index (χ0n) is 25.2. The lowest BCUT2D eigenvalue weighted by molar-refractivity contribution is 0.706. The molecule has 45 heavy (non-hydrogen) atoms. The van der Waals surface area contributed by atoms with Gasteiger partial charge in [-0.3, -0.25) is 0 Å². The first kappa shape index (κ1) is 28.2. The summed E-state index contributed by atoms with van der Waals surface area (Å²) in [5.41, 5.74) is 12.1. The quantitative estimate of drug-likeness (QED) is 0.176. The van der Waals surface area contributed by atoms with Crippen molar-refractivity contribution in [2.75, 3.05) is 0 Å². The molecule has 2 N–H and O–H groups in total. The van der Waals surface area contributed by atoms with E-state index in [2.05, 4.69) is 186 Å². The number of aromatic amines is 1. The summed E-state index contributed by atoms with van der Waals surface area (Å²) in [6, 6.07) is 36.8. The molecule has 0 radical (unpaired) electrons. The van der Waals surface area contributed by atoms with Gasteiger partial charge in [-0.25, -0.2) is 0 Å². The van der Waals surface area contributed by atoms with E-state index in [1.54, 1.807) is 0 Å². The van der Waals surface area contributed by atoms with Crippen LogP contribution >= 0.6 is 0 Å². The molecule has 2 nitrogen and oxygen atoms in total. The van der Waals surface area contributed by atoms with E-state index in [9.17, 15) is 0 Å². The number of nitrogens with one attached hydrogen (secondary N) is 2. The third-order valence-electron chi connectivity index (χ3n) is 8.41. The average Bonchev–Trinajstić information content (AvgIpc) is 3.28. The molecule has 2 aliphatic rings. The van der Waals surface area contributed by atoms with Crippen LogP contribution < -0.4 is 5.32 Å². The maximum absolute atomic E-state index is 3.59. The van der Waals surface area contributed by atoms with E-state index in [1.807, 2.05) is 0 Å². The zero-order chi connectivity index (χ0) is 30.3. The molecule has 218 valence electrons. The Morgan fingerprint density at radius 2 is 1.51 bits per heavy atom. The molecule has 5 aromatic rings. The Labute approximate surface area is 265 Å². The molecule has 0 spiro atoms. The Morgan fingerprint density at radius 3 is 2.29 bits per heavy atom. The molecule has 1 heterocycles. The van der Waals surface area contributed by atoms with Crippen molar-refractivity contribution in [3.8, 4) is 11.1 Å². The topological polar surface area (TPSA) is 27.8 Å². The Hall–Kier alpha value is -5.60. The second-order valence-electron chi connectivity index (χ2n) is 11.4. The van der Waals surface area contributed by atoms with Gasteiger partial charge in [0.25, 0.3) is 0 Å². The highest BCUT2D eigenvalue weighted by molar-refractivity contribution is 5.96. The van der Waals surface area contributed by atoms with Crippen LogP contribution in [0.25, 0.3) is 51.4 Å². The molecule has 2 aliphatic carbocycles. The van der Waals surface area contributed by atoms with Crippen LogP contribution in [0.2, 0.25) is 0 Å². The van der Waals surface area contributed by atoms with Gasteiger partial charge in [-0.1, -0.05) is 146 Å². The maximum Gasteiger partial charge on any atom is 0.0476 e. The fraction of sp³-hybridized carbons (Fsp3) is 0.0698. The molecular formula is C43H36N2. The van der Waals surface area contributed by atoms with Crippen molar-refractivity contribution < 1.29 is 0 Å². The highest BCUT2D eigenvalue weighted by Gasteiger charge is 2.11. The van der Waals surface area contributed by atoms with Gasteiger partial charge in [0.2, 0.25) is 0 Å². The number of hydrogen-bond donors (Lipinski definition) is 2. The lowest BCUT2D eigenvalue weighted by Gasteiger charge is -2.16. The monoisotopic (exact) mass is 580 g/mol. The number of rotatable bonds is 8. The van der Waals surface area contributed by atoms with Gasteiger partial charge in [-0.2, -0.15) is 0 Å². The molecule has 1 unspecified atom stereocenters. The van der Waals surface area contributed by atoms with Crippen molar-refractivity contribution in [3.63, 3.8) is 0 Å². The van der Waals surface area contributed by atoms with E-state index < -0.39 is 0 Å². The molecule has 0 saturated heterocycles. The molecule has 0 fully saturated rings. The summed E-state index contributed by atoms with van der Waals surface area (Å²) < 4.78 is 0. The molecular weight excluding hydrogens is 544 g/mol. The summed E-state index contributed by atoms with van der Waals surface area (Å²) in [7, 11) is 0. The molecule has 4 aromatic carbocycles. The van der Waals surface area contributed by atoms with Crippen LogP contribution in [0.1, 0.15) is 40.8 Å². The van der Waals surface area contributed by atoms with Crippen LogP contribution in [0.15, 0.2) is 158 Å². The lowest BCUT2D eigenvalue weighted by Crippen LogP contribution is -2.22. The van der Waals surface area contributed by atoms with Crippen molar-refractivity contribution in [1.82, 2.24) is 10.3 Å². The first-order chi connectivity index (χ1) is 22.3. The van der Waals surface area contributed by atoms with Crippen molar-refractivity contribution in [3.05, 3.63) is 186 Å². The first-order valence-corrected chi connectivity index (χ1v) is 15.7. The predicted molar refractivity (Wildman–Crippen MR) is 194 cm³/mol.